The van der Waals surface area contributed by atoms with Gasteiger partial charge >= 0.3 is 5.97 Å². The van der Waals surface area contributed by atoms with Crippen LogP contribution in [0.3, 0.4) is 0 Å². The number of fused-ring (bicyclic) bond motifs is 2. The summed E-state index contributed by atoms with van der Waals surface area (Å²) >= 11 is 0. The predicted octanol–water partition coefficient (Wildman–Crippen LogP) is 6.45. The molecule has 1 fully saturated rings. The third-order valence-electron chi connectivity index (χ3n) is 6.72. The Hall–Kier alpha value is -3.41. The van der Waals surface area contributed by atoms with E-state index in [1.165, 1.54) is 17.0 Å². The maximum absolute atomic E-state index is 15.1. The molecule has 6 heteroatoms. The zero-order valence-electron chi connectivity index (χ0n) is 18.7. The van der Waals surface area contributed by atoms with Crippen molar-refractivity contribution in [2.45, 2.75) is 45.8 Å². The van der Waals surface area contributed by atoms with Crippen LogP contribution in [-0.4, -0.2) is 18.1 Å². The fraction of sp³-hybridized carbons (Fsp3) is 0.333. The number of carbonyl (C=O) groups excluding carboxylic acids is 2. The van der Waals surface area contributed by atoms with Crippen LogP contribution in [0.5, 0.6) is 11.5 Å². The van der Waals surface area contributed by atoms with Gasteiger partial charge in [-0.3, -0.25) is 9.69 Å². The maximum atomic E-state index is 15.1. The molecule has 0 saturated heterocycles. The third kappa shape index (κ3) is 4.06. The molecule has 1 saturated carbocycles. The number of rotatable bonds is 3. The molecule has 1 atom stereocenters. The molecule has 1 unspecified atom stereocenters. The van der Waals surface area contributed by atoms with E-state index >= 15 is 4.39 Å². The van der Waals surface area contributed by atoms with Crippen molar-refractivity contribution in [1.29, 1.82) is 0 Å². The number of esters is 1. The van der Waals surface area contributed by atoms with Crippen LogP contribution >= 0.6 is 0 Å². The number of hydrogen-bond donors (Lipinski definition) is 0. The highest BCUT2D eigenvalue weighted by atomic mass is 19.1. The van der Waals surface area contributed by atoms with Crippen LogP contribution < -0.4 is 9.64 Å². The molecule has 0 bridgehead atoms. The van der Waals surface area contributed by atoms with Gasteiger partial charge in [-0.05, 0) is 61.4 Å². The van der Waals surface area contributed by atoms with E-state index in [9.17, 15) is 9.59 Å². The second-order valence-corrected chi connectivity index (χ2v) is 9.08. The van der Waals surface area contributed by atoms with E-state index < -0.39 is 18.0 Å². The molecular formula is C27H26FNO4. The zero-order chi connectivity index (χ0) is 23.1. The van der Waals surface area contributed by atoms with E-state index in [1.54, 1.807) is 13.0 Å². The molecular weight excluding hydrogens is 421 g/mol. The third-order valence-corrected chi connectivity index (χ3v) is 6.72. The summed E-state index contributed by atoms with van der Waals surface area (Å²) in [4.78, 5) is 27.4. The van der Waals surface area contributed by atoms with Gasteiger partial charge in [-0.1, -0.05) is 37.3 Å². The number of nitrogens with zero attached hydrogens (tertiary/aromatic N) is 1. The number of ether oxygens (including phenoxy) is 2. The van der Waals surface area contributed by atoms with Gasteiger partial charge in [0.2, 0.25) is 5.91 Å². The molecule has 0 spiro atoms. The van der Waals surface area contributed by atoms with Crippen molar-refractivity contribution >= 4 is 28.3 Å². The maximum Gasteiger partial charge on any atom is 0.342 e. The van der Waals surface area contributed by atoms with E-state index in [1.807, 2.05) is 36.4 Å². The largest absolute Gasteiger partial charge is 0.454 e. The lowest BCUT2D eigenvalue weighted by atomic mass is 9.82. The second-order valence-electron chi connectivity index (χ2n) is 9.08. The highest BCUT2D eigenvalue weighted by molar-refractivity contribution is 6.06. The first-order valence-corrected chi connectivity index (χ1v) is 11.4. The molecule has 0 radical (unpaired) electrons. The lowest BCUT2D eigenvalue weighted by molar-refractivity contribution is -0.125. The summed E-state index contributed by atoms with van der Waals surface area (Å²) < 4.78 is 26.4. The SMILES string of the molecule is CC1OC(=O)c2cc(Oc3ccc4ccccc4c3)c(F)cc2N1C(=O)[C@H]1CC[C@H](C)CC1. The quantitative estimate of drug-likeness (QED) is 0.433. The summed E-state index contributed by atoms with van der Waals surface area (Å²) in [6.45, 7) is 3.83. The Bertz CT molecular complexity index is 1230. The fourth-order valence-corrected chi connectivity index (χ4v) is 4.81. The van der Waals surface area contributed by atoms with Gasteiger partial charge in [0.25, 0.3) is 0 Å². The second kappa shape index (κ2) is 8.50. The normalized spacial score (nSPS) is 22.6. The zero-order valence-corrected chi connectivity index (χ0v) is 18.7. The topological polar surface area (TPSA) is 55.8 Å². The Kier molecular flexibility index (Phi) is 5.52. The predicted molar refractivity (Wildman–Crippen MR) is 124 cm³/mol. The van der Waals surface area contributed by atoms with Crippen LogP contribution in [0.1, 0.15) is 49.9 Å². The molecule has 2 aliphatic rings. The van der Waals surface area contributed by atoms with Crippen LogP contribution in [0, 0.1) is 17.7 Å². The smallest absolute Gasteiger partial charge is 0.342 e. The minimum atomic E-state index is -0.788. The number of amides is 1. The van der Waals surface area contributed by atoms with Gasteiger partial charge in [0, 0.05) is 18.1 Å². The van der Waals surface area contributed by atoms with Crippen LogP contribution in [0.25, 0.3) is 10.8 Å². The van der Waals surface area contributed by atoms with Crippen molar-refractivity contribution in [3.8, 4) is 11.5 Å². The molecule has 1 heterocycles. The van der Waals surface area contributed by atoms with E-state index in [-0.39, 0.29) is 28.8 Å². The average molecular weight is 448 g/mol. The first-order chi connectivity index (χ1) is 15.9. The molecule has 0 aromatic heterocycles. The van der Waals surface area contributed by atoms with E-state index in [0.29, 0.717) is 11.7 Å². The Labute approximate surface area is 192 Å². The summed E-state index contributed by atoms with van der Waals surface area (Å²) in [7, 11) is 0. The van der Waals surface area contributed by atoms with Crippen LogP contribution in [0.2, 0.25) is 0 Å². The summed E-state index contributed by atoms with van der Waals surface area (Å²) in [6, 6.07) is 15.8. The fourth-order valence-electron chi connectivity index (χ4n) is 4.81. The molecule has 5 nitrogen and oxygen atoms in total. The first kappa shape index (κ1) is 21.4. The van der Waals surface area contributed by atoms with Crippen molar-refractivity contribution < 1.29 is 23.5 Å². The van der Waals surface area contributed by atoms with Crippen molar-refractivity contribution in [1.82, 2.24) is 0 Å². The summed E-state index contributed by atoms with van der Waals surface area (Å²) in [5, 5.41) is 2.00. The van der Waals surface area contributed by atoms with E-state index in [2.05, 4.69) is 6.92 Å². The number of anilines is 1. The number of benzene rings is 3. The molecule has 0 N–H and O–H groups in total. The monoisotopic (exact) mass is 447 g/mol. The Morgan fingerprint density at radius 3 is 2.48 bits per heavy atom. The lowest BCUT2D eigenvalue weighted by Crippen LogP contribution is -2.48. The summed E-state index contributed by atoms with van der Waals surface area (Å²) in [5.41, 5.74) is 0.369. The number of hydrogen-bond acceptors (Lipinski definition) is 4. The Morgan fingerprint density at radius 1 is 1.00 bits per heavy atom. The molecule has 170 valence electrons. The van der Waals surface area contributed by atoms with Crippen molar-refractivity contribution in [2.24, 2.45) is 11.8 Å². The Balaban J connectivity index is 1.47. The molecule has 5 rings (SSSR count). The van der Waals surface area contributed by atoms with Gasteiger partial charge in [0.1, 0.15) is 5.75 Å². The van der Waals surface area contributed by atoms with Gasteiger partial charge in [-0.15, -0.1) is 0 Å². The summed E-state index contributed by atoms with van der Waals surface area (Å²) in [6.07, 6.45) is 2.76. The number of carbonyl (C=O) groups is 2. The van der Waals surface area contributed by atoms with Gasteiger partial charge in [-0.2, -0.15) is 0 Å². The van der Waals surface area contributed by atoms with Gasteiger partial charge in [-0.25, -0.2) is 9.18 Å². The minimum Gasteiger partial charge on any atom is -0.454 e. The van der Waals surface area contributed by atoms with Gasteiger partial charge in [0.15, 0.2) is 17.8 Å². The number of halogens is 1. The molecule has 3 aromatic rings. The van der Waals surface area contributed by atoms with Gasteiger partial charge < -0.3 is 9.47 Å². The molecule has 1 aliphatic carbocycles. The van der Waals surface area contributed by atoms with E-state index in [0.717, 1.165) is 36.5 Å². The molecule has 1 amide bonds. The lowest BCUT2D eigenvalue weighted by Gasteiger charge is -2.37. The number of cyclic esters (lactones) is 1. The average Bonchev–Trinajstić information content (AvgIpc) is 2.80. The van der Waals surface area contributed by atoms with Crippen molar-refractivity contribution in [2.75, 3.05) is 4.90 Å². The van der Waals surface area contributed by atoms with Crippen molar-refractivity contribution in [3.63, 3.8) is 0 Å². The summed E-state index contributed by atoms with van der Waals surface area (Å²) in [5.74, 6) is -0.536. The van der Waals surface area contributed by atoms with Crippen LogP contribution in [-0.2, 0) is 9.53 Å². The minimum absolute atomic E-state index is 0.0885. The van der Waals surface area contributed by atoms with E-state index in [4.69, 9.17) is 9.47 Å². The first-order valence-electron chi connectivity index (χ1n) is 11.4. The Morgan fingerprint density at radius 2 is 1.73 bits per heavy atom. The van der Waals surface area contributed by atoms with Crippen LogP contribution in [0.15, 0.2) is 54.6 Å². The highest BCUT2D eigenvalue weighted by Gasteiger charge is 2.39. The molecule has 33 heavy (non-hydrogen) atoms. The molecule has 3 aromatic carbocycles. The molecule has 1 aliphatic heterocycles. The van der Waals surface area contributed by atoms with Crippen LogP contribution in [0.4, 0.5) is 10.1 Å². The standard InChI is InChI=1S/C27H26FNO4/c1-16-7-9-19(10-8-16)26(30)29-17(2)32-27(31)22-14-25(23(28)15-24(22)29)33-21-12-11-18-5-3-4-6-20(18)13-21/h3-6,11-17,19H,7-10H2,1-2H3/t16-,17?,19-. The van der Waals surface area contributed by atoms with Gasteiger partial charge in [0.05, 0.1) is 11.3 Å². The van der Waals surface area contributed by atoms with Crippen molar-refractivity contribution in [3.05, 3.63) is 66.0 Å². The highest BCUT2D eigenvalue weighted by Crippen LogP contribution is 2.39.